The van der Waals surface area contributed by atoms with Crippen LogP contribution >= 0.6 is 0 Å². The van der Waals surface area contributed by atoms with E-state index in [4.69, 9.17) is 23.4 Å². The molecule has 2 saturated heterocycles. The van der Waals surface area contributed by atoms with Crippen LogP contribution in [-0.2, 0) is 28.2 Å². The molecule has 2 heterocycles. The summed E-state index contributed by atoms with van der Waals surface area (Å²) < 4.78 is 29.3. The summed E-state index contributed by atoms with van der Waals surface area (Å²) in [6.07, 6.45) is -0.908. The number of ether oxygens (including phenoxy) is 4. The monoisotopic (exact) mass is 346 g/mol. The van der Waals surface area contributed by atoms with Gasteiger partial charge in [-0.3, -0.25) is 4.79 Å². The number of carbonyl (C=O) groups excluding carboxylic acids is 1. The third-order valence-electron chi connectivity index (χ3n) is 4.79. The lowest BCUT2D eigenvalue weighted by molar-refractivity contribution is -0.195. The normalized spacial score (nSPS) is 32.8. The van der Waals surface area contributed by atoms with Gasteiger partial charge in [0.1, 0.15) is 31.0 Å². The second-order valence-corrected chi connectivity index (χ2v) is 11.7. The van der Waals surface area contributed by atoms with Crippen LogP contribution in [0.1, 0.15) is 34.6 Å². The van der Waals surface area contributed by atoms with Crippen molar-refractivity contribution in [3.8, 4) is 0 Å². The average molecular weight is 346 g/mol. The van der Waals surface area contributed by atoms with E-state index >= 15 is 0 Å². The zero-order valence-electron chi connectivity index (χ0n) is 15.1. The Morgan fingerprint density at radius 2 is 1.61 bits per heavy atom. The van der Waals surface area contributed by atoms with E-state index in [2.05, 4.69) is 20.4 Å². The Bertz CT molecular complexity index is 423. The first-order chi connectivity index (χ1) is 10.7. The van der Waals surface area contributed by atoms with Gasteiger partial charge in [-0.25, -0.2) is 0 Å². The topological polar surface area (TPSA) is 63.2 Å². The smallest absolute Gasteiger partial charge is 0.302 e. The van der Waals surface area contributed by atoms with E-state index < -0.39 is 14.1 Å². The highest BCUT2D eigenvalue weighted by atomic mass is 28.4. The maximum atomic E-state index is 11.1. The van der Waals surface area contributed by atoms with Gasteiger partial charge in [0.25, 0.3) is 0 Å². The van der Waals surface area contributed by atoms with E-state index in [1.807, 2.05) is 13.8 Å². The van der Waals surface area contributed by atoms with Crippen LogP contribution in [0.3, 0.4) is 0 Å². The van der Waals surface area contributed by atoms with Crippen molar-refractivity contribution in [2.45, 2.75) is 83.5 Å². The molecule has 2 fully saturated rings. The molecule has 0 aliphatic carbocycles. The first-order valence-corrected chi connectivity index (χ1v) is 11.3. The largest absolute Gasteiger partial charge is 0.463 e. The summed E-state index contributed by atoms with van der Waals surface area (Å²) in [7, 11) is -1.66. The quantitative estimate of drug-likeness (QED) is 0.521. The van der Waals surface area contributed by atoms with E-state index in [9.17, 15) is 4.79 Å². The van der Waals surface area contributed by atoms with Crippen LogP contribution < -0.4 is 0 Å². The van der Waals surface area contributed by atoms with Gasteiger partial charge >= 0.3 is 5.97 Å². The molecule has 0 saturated carbocycles. The zero-order valence-corrected chi connectivity index (χ0v) is 16.1. The third-order valence-corrected chi connectivity index (χ3v) is 8.64. The van der Waals surface area contributed by atoms with Crippen LogP contribution in [0.15, 0.2) is 0 Å². The van der Waals surface area contributed by atoms with Crippen LogP contribution in [0.5, 0.6) is 0 Å². The fraction of sp³-hybridized carbons (Fsp3) is 0.938. The second kappa shape index (κ2) is 7.19. The van der Waals surface area contributed by atoms with Gasteiger partial charge in [0.2, 0.25) is 0 Å². The highest BCUT2D eigenvalue weighted by Crippen LogP contribution is 2.39. The van der Waals surface area contributed by atoms with Crippen LogP contribution in [-0.4, -0.2) is 57.7 Å². The second-order valence-electron chi connectivity index (χ2n) is 7.05. The fourth-order valence-corrected chi connectivity index (χ4v) is 4.45. The van der Waals surface area contributed by atoms with Gasteiger partial charge < -0.3 is 23.4 Å². The van der Waals surface area contributed by atoms with E-state index in [1.54, 1.807) is 0 Å². The number of rotatable bonds is 7. The molecule has 0 aromatic carbocycles. The molecule has 2 rings (SSSR count). The number of carbonyl (C=O) groups is 1. The van der Waals surface area contributed by atoms with Crippen molar-refractivity contribution in [2.75, 3.05) is 13.2 Å². The Labute approximate surface area is 139 Å². The van der Waals surface area contributed by atoms with Crippen molar-refractivity contribution >= 4 is 14.3 Å². The van der Waals surface area contributed by atoms with Gasteiger partial charge in [-0.05, 0) is 32.5 Å². The standard InChI is InChI=1S/C16H30O6Si/c1-7-23(6,8-2)19-10-13-15-14(21-16(4,5)22-15)12(20-13)9-18-11(3)17/h12-15H,7-10H2,1-6H3/t12-,13-,14-,15+/m1/s1. The molecule has 7 heteroatoms. The lowest BCUT2D eigenvalue weighted by Crippen LogP contribution is -2.40. The van der Waals surface area contributed by atoms with Crippen molar-refractivity contribution in [1.82, 2.24) is 0 Å². The first-order valence-electron chi connectivity index (χ1n) is 8.48. The summed E-state index contributed by atoms with van der Waals surface area (Å²) in [5.74, 6) is -0.970. The minimum atomic E-state index is -1.66. The summed E-state index contributed by atoms with van der Waals surface area (Å²) in [6.45, 7) is 12.5. The van der Waals surface area contributed by atoms with Gasteiger partial charge in [-0.2, -0.15) is 0 Å². The first kappa shape index (κ1) is 18.9. The van der Waals surface area contributed by atoms with Crippen LogP contribution in [0.25, 0.3) is 0 Å². The summed E-state index contributed by atoms with van der Waals surface area (Å²) in [4.78, 5) is 11.1. The molecule has 4 atom stereocenters. The Morgan fingerprint density at radius 1 is 1.09 bits per heavy atom. The number of esters is 1. The summed E-state index contributed by atoms with van der Waals surface area (Å²) in [5.41, 5.74) is 0. The van der Waals surface area contributed by atoms with Crippen molar-refractivity contribution in [1.29, 1.82) is 0 Å². The van der Waals surface area contributed by atoms with Crippen LogP contribution in [0, 0.1) is 0 Å². The third kappa shape index (κ3) is 4.54. The minimum absolute atomic E-state index is 0.183. The molecule has 0 unspecified atom stereocenters. The summed E-state index contributed by atoms with van der Waals surface area (Å²) >= 11 is 0. The van der Waals surface area contributed by atoms with Crippen LogP contribution in [0.2, 0.25) is 18.6 Å². The molecule has 0 spiro atoms. The van der Waals surface area contributed by atoms with Crippen molar-refractivity contribution in [2.24, 2.45) is 0 Å². The van der Waals surface area contributed by atoms with Gasteiger partial charge in [-0.15, -0.1) is 0 Å². The summed E-state index contributed by atoms with van der Waals surface area (Å²) in [6, 6.07) is 2.15. The Balaban J connectivity index is 2.01. The number of hydrogen-bond donors (Lipinski definition) is 0. The van der Waals surface area contributed by atoms with E-state index in [0.717, 1.165) is 12.1 Å². The molecule has 23 heavy (non-hydrogen) atoms. The molecular weight excluding hydrogens is 316 g/mol. The lowest BCUT2D eigenvalue weighted by atomic mass is 10.1. The SMILES string of the molecule is CC[Si](C)(CC)OC[C@H]1O[C@H](COC(C)=O)[C@H]2OC(C)(C)O[C@H]21. The zero-order chi connectivity index (χ0) is 17.3. The molecule has 2 aliphatic heterocycles. The molecule has 2 aliphatic rings. The highest BCUT2D eigenvalue weighted by molar-refractivity contribution is 6.72. The van der Waals surface area contributed by atoms with Gasteiger partial charge in [0.05, 0.1) is 6.61 Å². The Morgan fingerprint density at radius 3 is 2.09 bits per heavy atom. The number of fused-ring (bicyclic) bond motifs is 1. The van der Waals surface area contributed by atoms with Crippen molar-refractivity contribution < 1.29 is 28.2 Å². The van der Waals surface area contributed by atoms with Gasteiger partial charge in [-0.1, -0.05) is 13.8 Å². The van der Waals surface area contributed by atoms with Gasteiger partial charge in [0, 0.05) is 6.92 Å². The number of hydrogen-bond acceptors (Lipinski definition) is 6. The maximum absolute atomic E-state index is 11.1. The highest BCUT2D eigenvalue weighted by Gasteiger charge is 2.55. The van der Waals surface area contributed by atoms with Crippen molar-refractivity contribution in [3.63, 3.8) is 0 Å². The average Bonchev–Trinajstić information content (AvgIpc) is 2.96. The molecule has 0 radical (unpaired) electrons. The molecule has 0 N–H and O–H groups in total. The van der Waals surface area contributed by atoms with Gasteiger partial charge in [0.15, 0.2) is 14.1 Å². The van der Waals surface area contributed by atoms with E-state index in [1.165, 1.54) is 6.92 Å². The minimum Gasteiger partial charge on any atom is -0.463 e. The predicted octanol–water partition coefficient (Wildman–Crippen LogP) is 2.47. The summed E-state index contributed by atoms with van der Waals surface area (Å²) in [5, 5.41) is 0. The molecular formula is C16H30O6Si. The molecule has 0 amide bonds. The molecule has 6 nitrogen and oxygen atoms in total. The van der Waals surface area contributed by atoms with Crippen molar-refractivity contribution in [3.05, 3.63) is 0 Å². The van der Waals surface area contributed by atoms with E-state index in [-0.39, 0.29) is 37.0 Å². The maximum Gasteiger partial charge on any atom is 0.302 e. The molecule has 0 bridgehead atoms. The Kier molecular flexibility index (Phi) is 5.89. The van der Waals surface area contributed by atoms with E-state index in [0.29, 0.717) is 6.61 Å². The fourth-order valence-electron chi connectivity index (χ4n) is 2.98. The molecule has 134 valence electrons. The predicted molar refractivity (Wildman–Crippen MR) is 87.7 cm³/mol. The lowest BCUT2D eigenvalue weighted by Gasteiger charge is -2.28. The molecule has 0 aromatic rings. The van der Waals surface area contributed by atoms with Crippen LogP contribution in [0.4, 0.5) is 0 Å². The Hall–Kier alpha value is -0.473. The molecule has 0 aromatic heterocycles.